The zero-order valence-corrected chi connectivity index (χ0v) is 36.2. The third-order valence-corrected chi connectivity index (χ3v) is 12.1. The molecule has 304 valence electrons. The maximum absolute atomic E-state index is 2.76. The summed E-state index contributed by atoms with van der Waals surface area (Å²) in [5, 5.41) is 0. The van der Waals surface area contributed by atoms with Gasteiger partial charge in [0.2, 0.25) is 0 Å². The van der Waals surface area contributed by atoms with Crippen molar-refractivity contribution in [3.05, 3.63) is 89.5 Å². The molecule has 54 heavy (non-hydrogen) atoms. The van der Waals surface area contributed by atoms with Crippen LogP contribution in [0, 0.1) is 0 Å². The average molecular weight is 740 g/mol. The molecule has 0 aliphatic carbocycles. The van der Waals surface area contributed by atoms with Crippen LogP contribution in [0.25, 0.3) is 0 Å². The van der Waals surface area contributed by atoms with Crippen molar-refractivity contribution in [2.24, 2.45) is 0 Å². The van der Waals surface area contributed by atoms with Crippen LogP contribution in [0.5, 0.6) is 0 Å². The lowest BCUT2D eigenvalue weighted by atomic mass is 9.96. The predicted molar refractivity (Wildman–Crippen MR) is 238 cm³/mol. The molecule has 0 aliphatic rings. The number of unbranched alkanes of at least 4 members (excludes halogenated alkanes) is 27. The van der Waals surface area contributed by atoms with Crippen LogP contribution in [0.3, 0.4) is 0 Å². The number of benzene rings is 2. The summed E-state index contributed by atoms with van der Waals surface area (Å²) in [7, 11) is 0. The lowest BCUT2D eigenvalue weighted by Crippen LogP contribution is -2.37. The van der Waals surface area contributed by atoms with Gasteiger partial charge in [-0.15, -0.1) is 0 Å². The molecule has 2 aromatic carbocycles. The molecule has 1 heterocycles. The molecule has 0 saturated carbocycles. The van der Waals surface area contributed by atoms with Gasteiger partial charge in [-0.25, -0.2) is 9.13 Å². The SMILES string of the molecule is CCCCCCCCCCCCCCCCCCCn1c(CC(C)c2ccccc2)c[n+](CCCCCCCCCCCCCC)c1Cc1ccccc1. The van der Waals surface area contributed by atoms with Crippen molar-refractivity contribution in [1.29, 1.82) is 0 Å². The van der Waals surface area contributed by atoms with Gasteiger partial charge in [0.05, 0.1) is 19.5 Å². The molecular formula is C52H87N2+. The Morgan fingerprint density at radius 2 is 0.852 bits per heavy atom. The second kappa shape index (κ2) is 31.8. The van der Waals surface area contributed by atoms with E-state index in [0.717, 1.165) is 25.9 Å². The summed E-state index contributed by atoms with van der Waals surface area (Å²) >= 11 is 0. The Kier molecular flexibility index (Phi) is 27.1. The number of rotatable bonds is 36. The van der Waals surface area contributed by atoms with Gasteiger partial charge in [-0.3, -0.25) is 0 Å². The van der Waals surface area contributed by atoms with E-state index in [1.165, 1.54) is 209 Å². The zero-order valence-electron chi connectivity index (χ0n) is 36.2. The van der Waals surface area contributed by atoms with E-state index >= 15 is 0 Å². The maximum atomic E-state index is 2.76. The highest BCUT2D eigenvalue weighted by Crippen LogP contribution is 2.23. The fourth-order valence-corrected chi connectivity index (χ4v) is 8.58. The summed E-state index contributed by atoms with van der Waals surface area (Å²) in [6, 6.07) is 22.4. The Morgan fingerprint density at radius 1 is 0.463 bits per heavy atom. The number of aromatic nitrogens is 2. The summed E-state index contributed by atoms with van der Waals surface area (Å²) in [4.78, 5) is 0. The van der Waals surface area contributed by atoms with E-state index in [9.17, 15) is 0 Å². The van der Waals surface area contributed by atoms with Crippen LogP contribution >= 0.6 is 0 Å². The predicted octanol–water partition coefficient (Wildman–Crippen LogP) is 16.1. The third kappa shape index (κ3) is 21.1. The maximum Gasteiger partial charge on any atom is 0.261 e. The minimum absolute atomic E-state index is 0.514. The first kappa shape index (κ1) is 46.0. The van der Waals surface area contributed by atoms with Crippen molar-refractivity contribution in [2.75, 3.05) is 0 Å². The van der Waals surface area contributed by atoms with Gasteiger partial charge in [-0.1, -0.05) is 242 Å². The molecule has 3 rings (SSSR count). The van der Waals surface area contributed by atoms with Gasteiger partial charge in [0.15, 0.2) is 0 Å². The van der Waals surface area contributed by atoms with Gasteiger partial charge in [-0.05, 0) is 42.7 Å². The summed E-state index contributed by atoms with van der Waals surface area (Å²) in [5.41, 5.74) is 4.43. The Hall–Kier alpha value is -2.35. The number of aryl methyl sites for hydroxylation is 1. The van der Waals surface area contributed by atoms with Gasteiger partial charge in [-0.2, -0.15) is 0 Å². The average Bonchev–Trinajstić information content (AvgIpc) is 3.51. The first-order chi connectivity index (χ1) is 26.7. The molecule has 0 aliphatic heterocycles. The van der Waals surface area contributed by atoms with Crippen LogP contribution in [0.1, 0.15) is 236 Å². The van der Waals surface area contributed by atoms with Gasteiger partial charge >= 0.3 is 0 Å². The van der Waals surface area contributed by atoms with E-state index in [-0.39, 0.29) is 0 Å². The molecule has 0 saturated heterocycles. The molecule has 0 bridgehead atoms. The normalized spacial score (nSPS) is 12.1. The number of hydrogen-bond acceptors (Lipinski definition) is 0. The molecule has 0 spiro atoms. The molecule has 2 heteroatoms. The molecule has 1 unspecified atom stereocenters. The van der Waals surface area contributed by atoms with E-state index in [1.54, 1.807) is 0 Å². The van der Waals surface area contributed by atoms with Crippen molar-refractivity contribution in [2.45, 2.75) is 239 Å². The molecule has 1 aromatic heterocycles. The molecule has 0 fully saturated rings. The molecule has 3 aromatic rings. The van der Waals surface area contributed by atoms with Gasteiger partial charge < -0.3 is 0 Å². The first-order valence-corrected chi connectivity index (χ1v) is 23.9. The van der Waals surface area contributed by atoms with Gasteiger partial charge in [0, 0.05) is 6.42 Å². The van der Waals surface area contributed by atoms with E-state index in [1.807, 2.05) is 0 Å². The molecule has 0 N–H and O–H groups in total. The molecular weight excluding hydrogens is 653 g/mol. The quantitative estimate of drug-likeness (QED) is 0.0415. The van der Waals surface area contributed by atoms with Gasteiger partial charge in [0.1, 0.15) is 11.9 Å². The van der Waals surface area contributed by atoms with Crippen LogP contribution in [0.2, 0.25) is 0 Å². The van der Waals surface area contributed by atoms with E-state index < -0.39 is 0 Å². The highest BCUT2D eigenvalue weighted by molar-refractivity contribution is 5.22. The smallest absolute Gasteiger partial charge is 0.234 e. The lowest BCUT2D eigenvalue weighted by Gasteiger charge is -2.12. The minimum Gasteiger partial charge on any atom is -0.234 e. The zero-order chi connectivity index (χ0) is 38.2. The molecule has 1 atom stereocenters. The highest BCUT2D eigenvalue weighted by atomic mass is 15.2. The highest BCUT2D eigenvalue weighted by Gasteiger charge is 2.25. The number of nitrogens with zero attached hydrogens (tertiary/aromatic N) is 2. The van der Waals surface area contributed by atoms with Crippen molar-refractivity contribution < 1.29 is 4.57 Å². The molecule has 2 nitrogen and oxygen atoms in total. The topological polar surface area (TPSA) is 8.81 Å². The van der Waals surface area contributed by atoms with Crippen molar-refractivity contribution >= 4 is 0 Å². The largest absolute Gasteiger partial charge is 0.261 e. The third-order valence-electron chi connectivity index (χ3n) is 12.1. The summed E-state index contributed by atoms with van der Waals surface area (Å²) in [5.74, 6) is 2.04. The first-order valence-electron chi connectivity index (χ1n) is 23.9. The van der Waals surface area contributed by atoms with Crippen LogP contribution < -0.4 is 4.57 Å². The second-order valence-electron chi connectivity index (χ2n) is 17.1. The van der Waals surface area contributed by atoms with Crippen LogP contribution in [0.4, 0.5) is 0 Å². The van der Waals surface area contributed by atoms with Crippen molar-refractivity contribution in [3.8, 4) is 0 Å². The Balaban J connectivity index is 1.47. The van der Waals surface area contributed by atoms with Crippen LogP contribution in [-0.2, 0) is 25.9 Å². The van der Waals surface area contributed by atoms with Crippen LogP contribution in [0.15, 0.2) is 66.9 Å². The fraction of sp³-hybridized carbons (Fsp3) is 0.712. The van der Waals surface area contributed by atoms with E-state index in [4.69, 9.17) is 0 Å². The number of hydrogen-bond donors (Lipinski definition) is 0. The summed E-state index contributed by atoms with van der Waals surface area (Å²) < 4.78 is 5.43. The molecule has 0 amide bonds. The van der Waals surface area contributed by atoms with Crippen molar-refractivity contribution in [1.82, 2.24) is 4.57 Å². The van der Waals surface area contributed by atoms with Crippen molar-refractivity contribution in [3.63, 3.8) is 0 Å². The Bertz CT molecular complexity index is 1240. The fourth-order valence-electron chi connectivity index (χ4n) is 8.58. The van der Waals surface area contributed by atoms with Gasteiger partial charge in [0.25, 0.3) is 5.82 Å². The second-order valence-corrected chi connectivity index (χ2v) is 17.1. The lowest BCUT2D eigenvalue weighted by molar-refractivity contribution is -0.704. The van der Waals surface area contributed by atoms with Crippen LogP contribution in [-0.4, -0.2) is 4.57 Å². The van der Waals surface area contributed by atoms with E-state index in [0.29, 0.717) is 5.92 Å². The molecule has 0 radical (unpaired) electrons. The van der Waals surface area contributed by atoms with E-state index in [2.05, 4.69) is 96.8 Å². The Labute approximate surface area is 336 Å². The monoisotopic (exact) mass is 740 g/mol. The Morgan fingerprint density at radius 3 is 1.30 bits per heavy atom. The summed E-state index contributed by atoms with van der Waals surface area (Å²) in [6.45, 7) is 9.36. The minimum atomic E-state index is 0.514. The standard InChI is InChI=1S/C52H87N2/c1-4-6-8-10-12-14-16-18-19-20-21-22-24-26-28-30-38-44-54-51(45-48(3)50-41-35-32-36-42-50)47-53(52(54)46-49-39-33-31-34-40-49)43-37-29-27-25-23-17-15-13-11-9-7-5-2/h31-36,39-42,47-48H,4-30,37-38,43-46H2,1-3H3/q+1. The number of imidazole rings is 1. The summed E-state index contributed by atoms with van der Waals surface area (Å²) in [6.07, 6.45) is 45.8.